The fraction of sp³-hybridized carbons (Fsp3) is 1.00. The van der Waals surface area contributed by atoms with Crippen LogP contribution in [0.4, 0.5) is 8.78 Å². The lowest BCUT2D eigenvalue weighted by atomic mass is 9.97. The van der Waals surface area contributed by atoms with Crippen LogP contribution in [0.5, 0.6) is 0 Å². The van der Waals surface area contributed by atoms with E-state index in [1.54, 1.807) is 13.8 Å². The van der Waals surface area contributed by atoms with Crippen molar-refractivity contribution >= 4 is 0 Å². The molecule has 2 atom stereocenters. The van der Waals surface area contributed by atoms with Gasteiger partial charge in [-0.3, -0.25) is 0 Å². The quantitative estimate of drug-likeness (QED) is 0.553. The van der Waals surface area contributed by atoms with Gasteiger partial charge in [0.05, 0.1) is 0 Å². The molecule has 0 aliphatic carbocycles. The van der Waals surface area contributed by atoms with Gasteiger partial charge in [-0.2, -0.15) is 0 Å². The van der Waals surface area contributed by atoms with Crippen LogP contribution in [0.2, 0.25) is 0 Å². The van der Waals surface area contributed by atoms with Gasteiger partial charge in [-0.25, -0.2) is 8.78 Å². The Hall–Kier alpha value is -0.180. The Morgan fingerprint density at radius 2 is 1.60 bits per heavy atom. The fourth-order valence-corrected chi connectivity index (χ4v) is 1.58. The number of hydrogen-bond donors (Lipinski definition) is 1. The van der Waals surface area contributed by atoms with Gasteiger partial charge in [-0.15, -0.1) is 0 Å². The van der Waals surface area contributed by atoms with Crippen molar-refractivity contribution in [3.8, 4) is 0 Å². The highest BCUT2D eigenvalue weighted by Crippen LogP contribution is 2.29. The van der Waals surface area contributed by atoms with E-state index >= 15 is 0 Å². The lowest BCUT2D eigenvalue weighted by molar-refractivity contribution is -0.0508. The molecule has 0 radical (unpaired) electrons. The maximum atomic E-state index is 12.7. The Morgan fingerprint density at radius 1 is 1.20 bits per heavy atom. The maximum Gasteiger partial charge on any atom is 0.251 e. The second-order valence-electron chi connectivity index (χ2n) is 3.23. The monoisotopic (exact) mass is 149 g/mol. The molecule has 1 N–H and O–H groups in total. The summed E-state index contributed by atoms with van der Waals surface area (Å²) in [5.74, 6) is -2.44. The largest absolute Gasteiger partial charge is 0.311 e. The first-order valence-electron chi connectivity index (χ1n) is 3.63. The standard InChI is InChI=1S/C7H13F2N/c1-5-3-7(8,9)4-6(2)10-5/h5-6,10H,3-4H2,1-2H3/t5-,6-/m1/s1. The predicted molar refractivity (Wildman–Crippen MR) is 36.2 cm³/mol. The third-order valence-corrected chi connectivity index (χ3v) is 1.78. The van der Waals surface area contributed by atoms with Gasteiger partial charge < -0.3 is 5.32 Å². The summed E-state index contributed by atoms with van der Waals surface area (Å²) in [5, 5.41) is 3.05. The molecule has 1 saturated heterocycles. The zero-order valence-electron chi connectivity index (χ0n) is 6.32. The molecule has 10 heavy (non-hydrogen) atoms. The van der Waals surface area contributed by atoms with Crippen LogP contribution < -0.4 is 5.32 Å². The van der Waals surface area contributed by atoms with Crippen LogP contribution in [0, 0.1) is 0 Å². The van der Waals surface area contributed by atoms with E-state index in [9.17, 15) is 8.78 Å². The molecular weight excluding hydrogens is 136 g/mol. The Morgan fingerprint density at radius 3 is 1.90 bits per heavy atom. The van der Waals surface area contributed by atoms with Crippen molar-refractivity contribution in [2.45, 2.75) is 44.7 Å². The minimum atomic E-state index is -2.44. The number of hydrogen-bond acceptors (Lipinski definition) is 1. The van der Waals surface area contributed by atoms with Crippen LogP contribution in [0.25, 0.3) is 0 Å². The number of rotatable bonds is 0. The molecule has 0 bridgehead atoms. The Labute approximate surface area is 59.8 Å². The van der Waals surface area contributed by atoms with E-state index in [0.717, 1.165) is 0 Å². The van der Waals surface area contributed by atoms with Crippen LogP contribution in [0.3, 0.4) is 0 Å². The SMILES string of the molecule is C[C@@H]1CC(F)(F)C[C@@H](C)N1. The first-order valence-corrected chi connectivity index (χ1v) is 3.63. The molecule has 0 amide bonds. The molecule has 0 aromatic heterocycles. The topological polar surface area (TPSA) is 12.0 Å². The lowest BCUT2D eigenvalue weighted by Gasteiger charge is -2.32. The van der Waals surface area contributed by atoms with Crippen LogP contribution in [0.15, 0.2) is 0 Å². The summed E-state index contributed by atoms with van der Waals surface area (Å²) < 4.78 is 25.3. The summed E-state index contributed by atoms with van der Waals surface area (Å²) in [4.78, 5) is 0. The van der Waals surface area contributed by atoms with Crippen molar-refractivity contribution in [2.75, 3.05) is 0 Å². The fourth-order valence-electron chi connectivity index (χ4n) is 1.58. The smallest absolute Gasteiger partial charge is 0.251 e. The van der Waals surface area contributed by atoms with Gasteiger partial charge in [0, 0.05) is 24.9 Å². The number of halogens is 2. The molecule has 0 unspecified atom stereocenters. The number of nitrogens with one attached hydrogen (secondary N) is 1. The van der Waals surface area contributed by atoms with E-state index in [4.69, 9.17) is 0 Å². The highest BCUT2D eigenvalue weighted by Gasteiger charge is 2.37. The highest BCUT2D eigenvalue weighted by molar-refractivity contribution is 4.85. The zero-order valence-corrected chi connectivity index (χ0v) is 6.32. The van der Waals surface area contributed by atoms with Crippen molar-refractivity contribution in [1.29, 1.82) is 0 Å². The van der Waals surface area contributed by atoms with Gasteiger partial charge in [-0.1, -0.05) is 0 Å². The molecule has 0 spiro atoms. The van der Waals surface area contributed by atoms with E-state index in [2.05, 4.69) is 5.32 Å². The second-order valence-corrected chi connectivity index (χ2v) is 3.23. The third kappa shape index (κ3) is 1.90. The van der Waals surface area contributed by atoms with Gasteiger partial charge in [0.25, 0.3) is 5.92 Å². The van der Waals surface area contributed by atoms with Gasteiger partial charge >= 0.3 is 0 Å². The van der Waals surface area contributed by atoms with Crippen molar-refractivity contribution in [3.05, 3.63) is 0 Å². The summed E-state index contributed by atoms with van der Waals surface area (Å²) in [6.07, 6.45) is -0.0331. The molecule has 1 nitrogen and oxygen atoms in total. The summed E-state index contributed by atoms with van der Waals surface area (Å²) in [7, 11) is 0. The molecule has 1 aliphatic rings. The summed E-state index contributed by atoms with van der Waals surface area (Å²) in [6, 6.07) is -0.0856. The lowest BCUT2D eigenvalue weighted by Crippen LogP contribution is -2.47. The Bertz CT molecular complexity index is 113. The molecule has 3 heteroatoms. The minimum absolute atomic E-state index is 0.0165. The average Bonchev–Trinajstić information content (AvgIpc) is 1.54. The normalized spacial score (nSPS) is 39.6. The van der Waals surface area contributed by atoms with E-state index < -0.39 is 5.92 Å². The van der Waals surface area contributed by atoms with Gasteiger partial charge in [0.15, 0.2) is 0 Å². The molecule has 1 heterocycles. The van der Waals surface area contributed by atoms with Crippen molar-refractivity contribution in [1.82, 2.24) is 5.32 Å². The first-order chi connectivity index (χ1) is 4.49. The number of piperidine rings is 1. The van der Waals surface area contributed by atoms with Crippen LogP contribution in [-0.2, 0) is 0 Å². The van der Waals surface area contributed by atoms with Gasteiger partial charge in [-0.05, 0) is 13.8 Å². The molecule has 1 fully saturated rings. The maximum absolute atomic E-state index is 12.7. The summed E-state index contributed by atoms with van der Waals surface area (Å²) in [5.41, 5.74) is 0. The summed E-state index contributed by atoms with van der Waals surface area (Å²) in [6.45, 7) is 3.59. The van der Waals surface area contributed by atoms with Crippen molar-refractivity contribution < 1.29 is 8.78 Å². The molecule has 1 rings (SSSR count). The molecule has 0 saturated carbocycles. The molecule has 60 valence electrons. The zero-order chi connectivity index (χ0) is 7.78. The van der Waals surface area contributed by atoms with Crippen LogP contribution in [-0.4, -0.2) is 18.0 Å². The second kappa shape index (κ2) is 2.46. The minimum Gasteiger partial charge on any atom is -0.311 e. The Kier molecular flexibility index (Phi) is 1.95. The molecular formula is C7H13F2N. The van der Waals surface area contributed by atoms with E-state index in [1.165, 1.54) is 0 Å². The van der Waals surface area contributed by atoms with E-state index in [-0.39, 0.29) is 24.9 Å². The van der Waals surface area contributed by atoms with Gasteiger partial charge in [0.2, 0.25) is 0 Å². The third-order valence-electron chi connectivity index (χ3n) is 1.78. The highest BCUT2D eigenvalue weighted by atomic mass is 19.3. The summed E-state index contributed by atoms with van der Waals surface area (Å²) >= 11 is 0. The number of alkyl halides is 2. The Balaban J connectivity index is 2.51. The van der Waals surface area contributed by atoms with Crippen molar-refractivity contribution in [2.24, 2.45) is 0 Å². The molecule has 1 aliphatic heterocycles. The van der Waals surface area contributed by atoms with E-state index in [1.807, 2.05) is 0 Å². The predicted octanol–water partition coefficient (Wildman–Crippen LogP) is 1.78. The van der Waals surface area contributed by atoms with Gasteiger partial charge in [0.1, 0.15) is 0 Å². The molecule has 0 aromatic rings. The average molecular weight is 149 g/mol. The van der Waals surface area contributed by atoms with Crippen molar-refractivity contribution in [3.63, 3.8) is 0 Å². The van der Waals surface area contributed by atoms with Crippen LogP contribution >= 0.6 is 0 Å². The first kappa shape index (κ1) is 7.92. The van der Waals surface area contributed by atoms with E-state index in [0.29, 0.717) is 0 Å². The molecule has 0 aromatic carbocycles. The van der Waals surface area contributed by atoms with Crippen LogP contribution in [0.1, 0.15) is 26.7 Å².